The molecule has 29 heavy (non-hydrogen) atoms. The highest BCUT2D eigenvalue weighted by Gasteiger charge is 2.26. The summed E-state index contributed by atoms with van der Waals surface area (Å²) in [6, 6.07) is 5.76. The van der Waals surface area contributed by atoms with Crippen molar-refractivity contribution in [2.24, 2.45) is 0 Å². The van der Waals surface area contributed by atoms with Gasteiger partial charge < -0.3 is 10.4 Å². The molecular weight excluding hydrogens is 427 g/mol. The van der Waals surface area contributed by atoms with Gasteiger partial charge in [-0.15, -0.1) is 11.3 Å². The van der Waals surface area contributed by atoms with E-state index in [0.717, 1.165) is 23.5 Å². The number of anilines is 2. The molecule has 3 aromatic rings. The fourth-order valence-corrected chi connectivity index (χ4v) is 4.39. The van der Waals surface area contributed by atoms with Crippen molar-refractivity contribution in [2.75, 3.05) is 10.0 Å². The van der Waals surface area contributed by atoms with Crippen LogP contribution in [0.4, 0.5) is 24.7 Å². The largest absolute Gasteiger partial charge is 0.389 e. The number of nitrogens with one attached hydrogen (secondary N) is 2. The molecule has 0 aliphatic heterocycles. The third-order valence-corrected chi connectivity index (χ3v) is 6.00. The maximum absolute atomic E-state index is 14.4. The van der Waals surface area contributed by atoms with Crippen molar-refractivity contribution in [3.8, 4) is 0 Å². The lowest BCUT2D eigenvalue weighted by Crippen LogP contribution is -2.17. The van der Waals surface area contributed by atoms with Gasteiger partial charge in [0.15, 0.2) is 10.7 Å². The number of rotatable bonds is 7. The molecule has 3 rings (SSSR count). The van der Waals surface area contributed by atoms with E-state index in [9.17, 15) is 26.7 Å². The van der Waals surface area contributed by atoms with Crippen molar-refractivity contribution in [1.82, 2.24) is 4.98 Å². The molecule has 0 aliphatic rings. The highest BCUT2D eigenvalue weighted by molar-refractivity contribution is 7.92. The number of hydrogen-bond acceptors (Lipinski definition) is 6. The molecule has 0 radical (unpaired) electrons. The molecule has 1 atom stereocenters. The van der Waals surface area contributed by atoms with Crippen molar-refractivity contribution in [1.29, 1.82) is 0 Å². The summed E-state index contributed by atoms with van der Waals surface area (Å²) in [6.45, 7) is 1.29. The Morgan fingerprint density at radius 3 is 2.45 bits per heavy atom. The molecule has 0 unspecified atom stereocenters. The topological polar surface area (TPSA) is 91.3 Å². The van der Waals surface area contributed by atoms with Crippen LogP contribution in [-0.2, 0) is 16.6 Å². The van der Waals surface area contributed by atoms with Crippen LogP contribution in [0, 0.1) is 17.5 Å². The first kappa shape index (κ1) is 21.1. The maximum atomic E-state index is 14.4. The van der Waals surface area contributed by atoms with E-state index < -0.39 is 38.5 Å². The van der Waals surface area contributed by atoms with Gasteiger partial charge in [-0.05, 0) is 30.7 Å². The highest BCUT2D eigenvalue weighted by Crippen LogP contribution is 2.27. The molecule has 1 heterocycles. The average molecular weight is 443 g/mol. The Bertz CT molecular complexity index is 1100. The molecule has 2 aromatic carbocycles. The zero-order valence-corrected chi connectivity index (χ0v) is 16.6. The predicted octanol–water partition coefficient (Wildman–Crippen LogP) is 4.03. The smallest absolute Gasteiger partial charge is 0.268 e. The van der Waals surface area contributed by atoms with Gasteiger partial charge in [-0.25, -0.2) is 26.6 Å². The van der Waals surface area contributed by atoms with E-state index >= 15 is 0 Å². The lowest BCUT2D eigenvalue weighted by molar-refractivity contribution is 0.197. The number of aromatic nitrogens is 1. The van der Waals surface area contributed by atoms with Crippen LogP contribution in [0.5, 0.6) is 0 Å². The SMILES string of the molecule is C[C@@H](O)c1cccc(F)c1CNc1cc(F)c(S(=O)(=O)Nc2cscn2)c(F)c1. The Kier molecular flexibility index (Phi) is 6.10. The number of thiazole rings is 1. The zero-order chi connectivity index (χ0) is 21.2. The van der Waals surface area contributed by atoms with E-state index in [0.29, 0.717) is 5.56 Å². The normalized spacial score (nSPS) is 12.6. The molecule has 0 saturated carbocycles. The highest BCUT2D eigenvalue weighted by atomic mass is 32.2. The van der Waals surface area contributed by atoms with E-state index in [1.807, 2.05) is 4.72 Å². The van der Waals surface area contributed by atoms with E-state index in [4.69, 9.17) is 0 Å². The second-order valence-electron chi connectivity index (χ2n) is 6.09. The molecule has 0 spiro atoms. The first-order valence-corrected chi connectivity index (χ1v) is 10.7. The molecule has 154 valence electrons. The first-order chi connectivity index (χ1) is 13.7. The van der Waals surface area contributed by atoms with Crippen LogP contribution >= 0.6 is 11.3 Å². The lowest BCUT2D eigenvalue weighted by atomic mass is 10.0. The fraction of sp³-hybridized carbons (Fsp3) is 0.167. The third-order valence-electron chi connectivity index (χ3n) is 4.01. The molecule has 0 bridgehead atoms. The summed E-state index contributed by atoms with van der Waals surface area (Å²) >= 11 is 1.11. The number of hydrogen-bond donors (Lipinski definition) is 3. The summed E-state index contributed by atoms with van der Waals surface area (Å²) in [4.78, 5) is 2.57. The quantitative estimate of drug-likeness (QED) is 0.513. The molecule has 0 saturated heterocycles. The summed E-state index contributed by atoms with van der Waals surface area (Å²) in [6.07, 6.45) is -0.944. The summed E-state index contributed by atoms with van der Waals surface area (Å²) < 4.78 is 69.5. The molecule has 0 fully saturated rings. The molecule has 0 aliphatic carbocycles. The van der Waals surface area contributed by atoms with Gasteiger partial charge in [-0.1, -0.05) is 12.1 Å². The lowest BCUT2D eigenvalue weighted by Gasteiger charge is -2.15. The minimum atomic E-state index is -4.53. The summed E-state index contributed by atoms with van der Waals surface area (Å²) in [7, 11) is -4.53. The van der Waals surface area contributed by atoms with Gasteiger partial charge in [-0.2, -0.15) is 0 Å². The Labute approximate surface area is 169 Å². The van der Waals surface area contributed by atoms with Gasteiger partial charge >= 0.3 is 0 Å². The fourth-order valence-electron chi connectivity index (χ4n) is 2.71. The second kappa shape index (κ2) is 8.39. The Morgan fingerprint density at radius 1 is 1.17 bits per heavy atom. The van der Waals surface area contributed by atoms with Gasteiger partial charge in [0.05, 0.1) is 11.6 Å². The van der Waals surface area contributed by atoms with Crippen molar-refractivity contribution < 1.29 is 26.7 Å². The van der Waals surface area contributed by atoms with Gasteiger partial charge in [0.1, 0.15) is 17.5 Å². The number of halogens is 3. The molecule has 1 aromatic heterocycles. The van der Waals surface area contributed by atoms with Gasteiger partial charge in [0.2, 0.25) is 0 Å². The molecule has 3 N–H and O–H groups in total. The van der Waals surface area contributed by atoms with Crippen molar-refractivity contribution >= 4 is 32.9 Å². The minimum Gasteiger partial charge on any atom is -0.389 e. The van der Waals surface area contributed by atoms with E-state index in [2.05, 4.69) is 10.3 Å². The van der Waals surface area contributed by atoms with E-state index in [1.54, 1.807) is 0 Å². The predicted molar refractivity (Wildman–Crippen MR) is 104 cm³/mol. The standard InChI is InChI=1S/C18H16F3N3O3S2/c1-10(25)12-3-2-4-14(19)13(12)7-22-11-5-15(20)18(16(21)6-11)29(26,27)24-17-8-28-9-23-17/h2-6,8-10,22,24-25H,7H2,1H3/t10-/m1/s1. The summed E-state index contributed by atoms with van der Waals surface area (Å²) in [5.74, 6) is -3.29. The number of benzene rings is 2. The van der Waals surface area contributed by atoms with E-state index in [1.165, 1.54) is 36.0 Å². The van der Waals surface area contributed by atoms with E-state index in [-0.39, 0.29) is 23.6 Å². The zero-order valence-electron chi connectivity index (χ0n) is 15.0. The first-order valence-electron chi connectivity index (χ1n) is 8.28. The van der Waals surface area contributed by atoms with Gasteiger partial charge in [0, 0.05) is 23.2 Å². The van der Waals surface area contributed by atoms with Crippen LogP contribution in [0.2, 0.25) is 0 Å². The van der Waals surface area contributed by atoms with Gasteiger partial charge in [-0.3, -0.25) is 4.72 Å². The summed E-state index contributed by atoms with van der Waals surface area (Å²) in [5, 5.41) is 13.8. The number of nitrogens with zero attached hydrogens (tertiary/aromatic N) is 1. The molecule has 6 nitrogen and oxygen atoms in total. The number of aliphatic hydroxyl groups excluding tert-OH is 1. The Balaban J connectivity index is 1.85. The average Bonchev–Trinajstić information content (AvgIpc) is 3.11. The van der Waals surface area contributed by atoms with Crippen molar-refractivity contribution in [3.63, 3.8) is 0 Å². The monoisotopic (exact) mass is 443 g/mol. The van der Waals surface area contributed by atoms with Crippen molar-refractivity contribution in [3.05, 3.63) is 69.8 Å². The maximum Gasteiger partial charge on any atom is 0.268 e. The number of sulfonamides is 1. The molecule has 0 amide bonds. The second-order valence-corrected chi connectivity index (χ2v) is 8.42. The van der Waals surface area contributed by atoms with Gasteiger partial charge in [0.25, 0.3) is 10.0 Å². The van der Waals surface area contributed by atoms with Crippen LogP contribution < -0.4 is 10.0 Å². The molecule has 11 heteroatoms. The number of aliphatic hydroxyl groups is 1. The molecular formula is C18H16F3N3O3S2. The minimum absolute atomic E-state index is 0.0544. The van der Waals surface area contributed by atoms with Crippen molar-refractivity contribution in [2.45, 2.75) is 24.5 Å². The Morgan fingerprint density at radius 2 is 1.86 bits per heavy atom. The van der Waals surface area contributed by atoms with Crippen LogP contribution in [0.15, 0.2) is 46.1 Å². The van der Waals surface area contributed by atoms with Crippen LogP contribution in [0.25, 0.3) is 0 Å². The Hall–Kier alpha value is -2.63. The van der Waals surface area contributed by atoms with Crippen LogP contribution in [0.1, 0.15) is 24.2 Å². The third kappa shape index (κ3) is 4.69. The van der Waals surface area contributed by atoms with Crippen LogP contribution in [-0.4, -0.2) is 18.5 Å². The van der Waals surface area contributed by atoms with Crippen LogP contribution in [0.3, 0.4) is 0 Å². The summed E-state index contributed by atoms with van der Waals surface area (Å²) in [5.41, 5.74) is 1.73.